The molecule has 0 amide bonds. The van der Waals surface area contributed by atoms with Gasteiger partial charge in [-0.25, -0.2) is 4.98 Å². The fourth-order valence-electron chi connectivity index (χ4n) is 3.98. The average Bonchev–Trinajstić information content (AvgIpc) is 3.43. The van der Waals surface area contributed by atoms with Crippen LogP contribution in [0.1, 0.15) is 49.9 Å². The van der Waals surface area contributed by atoms with Gasteiger partial charge in [0.1, 0.15) is 40.8 Å². The van der Waals surface area contributed by atoms with Crippen LogP contribution in [0.3, 0.4) is 0 Å². The molecule has 4 heterocycles. The molecule has 0 aliphatic carbocycles. The van der Waals surface area contributed by atoms with Crippen molar-refractivity contribution in [2.45, 2.75) is 45.3 Å². The number of ether oxygens (including phenoxy) is 1. The molecule has 1 aliphatic rings. The van der Waals surface area contributed by atoms with Crippen LogP contribution < -0.4 is 4.73 Å². The summed E-state index contributed by atoms with van der Waals surface area (Å²) in [5.41, 5.74) is 1.88. The number of nitrogens with zero attached hydrogens (tertiary/aromatic N) is 6. The summed E-state index contributed by atoms with van der Waals surface area (Å²) < 4.78 is 13.8. The first kappa shape index (κ1) is 18.8. The molecule has 1 aromatic carbocycles. The summed E-state index contributed by atoms with van der Waals surface area (Å²) in [5.74, 6) is 0.668. The second kappa shape index (κ2) is 6.39. The lowest BCUT2D eigenvalue weighted by atomic mass is 10.1. The predicted molar refractivity (Wildman–Crippen MR) is 107 cm³/mol. The van der Waals surface area contributed by atoms with E-state index in [1.54, 1.807) is 29.8 Å². The van der Waals surface area contributed by atoms with E-state index in [-0.39, 0.29) is 33.6 Å². The number of benzene rings is 1. The van der Waals surface area contributed by atoms with E-state index < -0.39 is 0 Å². The lowest BCUT2D eigenvalue weighted by Crippen LogP contribution is -2.33. The Morgan fingerprint density at radius 2 is 2.20 bits per heavy atom. The molecule has 30 heavy (non-hydrogen) atoms. The largest absolute Gasteiger partial charge is 0.618 e. The fourth-order valence-corrected chi connectivity index (χ4v) is 4.18. The molecule has 5 rings (SSSR count). The topological polar surface area (TPSA) is 116 Å². The molecule has 3 aromatic heterocycles. The van der Waals surface area contributed by atoms with E-state index in [1.807, 2.05) is 19.9 Å². The minimum absolute atomic E-state index is 0.118. The molecular formula is C20H17ClN6O3. The van der Waals surface area contributed by atoms with Gasteiger partial charge in [0.05, 0.1) is 10.6 Å². The Morgan fingerprint density at radius 1 is 1.40 bits per heavy atom. The molecule has 0 radical (unpaired) electrons. The average molecular weight is 425 g/mol. The molecule has 0 bridgehead atoms. The smallest absolute Gasteiger partial charge is 0.260 e. The summed E-state index contributed by atoms with van der Waals surface area (Å²) in [6.07, 6.45) is 3.00. The number of fused-ring (bicyclic) bond motifs is 3. The predicted octanol–water partition coefficient (Wildman–Crippen LogP) is 3.63. The van der Waals surface area contributed by atoms with Crippen LogP contribution in [0.4, 0.5) is 0 Å². The molecule has 1 saturated heterocycles. The molecule has 1 fully saturated rings. The Morgan fingerprint density at radius 3 is 2.90 bits per heavy atom. The maximum Gasteiger partial charge on any atom is 0.260 e. The standard InChI is InChI=1S/C20H17ClN6O3/c1-10-16-15(18-24-19(30-25-18)14-6-7-20(2,3)29-14)23-9-26(16)13-5-4-12(21)11(8-22)17(13)27(10)28/h4-5,9,14H,6-7H2,1-3H3. The molecule has 0 saturated carbocycles. The molecule has 1 atom stereocenters. The van der Waals surface area contributed by atoms with Crippen LogP contribution in [0.5, 0.6) is 0 Å². The second-order valence-corrected chi connectivity index (χ2v) is 8.36. The van der Waals surface area contributed by atoms with E-state index in [9.17, 15) is 10.5 Å². The van der Waals surface area contributed by atoms with Crippen molar-refractivity contribution in [3.63, 3.8) is 0 Å². The van der Waals surface area contributed by atoms with Gasteiger partial charge in [-0.2, -0.15) is 15.0 Å². The van der Waals surface area contributed by atoms with Crippen LogP contribution in [-0.2, 0) is 4.74 Å². The van der Waals surface area contributed by atoms with E-state index in [0.29, 0.717) is 33.0 Å². The summed E-state index contributed by atoms with van der Waals surface area (Å²) in [7, 11) is 0. The number of hydrogen-bond acceptors (Lipinski definition) is 7. The van der Waals surface area contributed by atoms with Crippen LogP contribution in [-0.4, -0.2) is 25.1 Å². The number of hydrogen-bond donors (Lipinski definition) is 0. The molecule has 10 heteroatoms. The van der Waals surface area contributed by atoms with Gasteiger partial charge in [0.15, 0.2) is 0 Å². The molecule has 0 spiro atoms. The third kappa shape index (κ3) is 2.65. The highest BCUT2D eigenvalue weighted by Crippen LogP contribution is 2.39. The van der Waals surface area contributed by atoms with Crippen molar-refractivity contribution >= 4 is 28.2 Å². The van der Waals surface area contributed by atoms with Gasteiger partial charge in [-0.15, -0.1) is 0 Å². The van der Waals surface area contributed by atoms with Gasteiger partial charge in [-0.3, -0.25) is 4.40 Å². The highest BCUT2D eigenvalue weighted by molar-refractivity contribution is 6.32. The van der Waals surface area contributed by atoms with Crippen LogP contribution in [0, 0.1) is 23.5 Å². The Balaban J connectivity index is 1.69. The van der Waals surface area contributed by atoms with Gasteiger partial charge in [0.25, 0.3) is 11.4 Å². The van der Waals surface area contributed by atoms with Crippen molar-refractivity contribution < 1.29 is 14.0 Å². The number of aromatic nitrogens is 5. The van der Waals surface area contributed by atoms with Gasteiger partial charge >= 0.3 is 0 Å². The lowest BCUT2D eigenvalue weighted by molar-refractivity contribution is -0.583. The molecular weight excluding hydrogens is 408 g/mol. The maximum absolute atomic E-state index is 13.0. The Hall–Kier alpha value is -3.22. The summed E-state index contributed by atoms with van der Waals surface area (Å²) in [6, 6.07) is 5.28. The SMILES string of the molecule is Cc1c2c(-c3noc(C4CCC(C)(C)O4)n3)ncn2c2ccc(Cl)c(C#N)c2[n+]1[O-]. The number of aryl methyl sites for hydroxylation is 1. The summed E-state index contributed by atoms with van der Waals surface area (Å²) in [5, 5.41) is 26.8. The summed E-state index contributed by atoms with van der Waals surface area (Å²) in [4.78, 5) is 8.92. The first-order chi connectivity index (χ1) is 14.3. The molecule has 0 N–H and O–H groups in total. The molecule has 9 nitrogen and oxygen atoms in total. The number of nitriles is 1. The van der Waals surface area contributed by atoms with Crippen molar-refractivity contribution in [2.24, 2.45) is 0 Å². The minimum Gasteiger partial charge on any atom is -0.618 e. The fraction of sp³-hybridized carbons (Fsp3) is 0.350. The van der Waals surface area contributed by atoms with E-state index in [4.69, 9.17) is 20.9 Å². The summed E-state index contributed by atoms with van der Waals surface area (Å²) in [6.45, 7) is 5.70. The maximum atomic E-state index is 13.0. The van der Waals surface area contributed by atoms with E-state index in [0.717, 1.165) is 12.8 Å². The van der Waals surface area contributed by atoms with Crippen molar-refractivity contribution in [1.29, 1.82) is 5.26 Å². The van der Waals surface area contributed by atoms with Crippen LogP contribution in [0.15, 0.2) is 23.0 Å². The molecule has 4 aromatic rings. The van der Waals surface area contributed by atoms with E-state index in [1.165, 1.54) is 0 Å². The molecule has 1 aliphatic heterocycles. The lowest BCUT2D eigenvalue weighted by Gasteiger charge is -2.17. The number of rotatable bonds is 2. The zero-order valence-electron chi connectivity index (χ0n) is 16.5. The van der Waals surface area contributed by atoms with Crippen LogP contribution in [0.2, 0.25) is 5.02 Å². The zero-order valence-corrected chi connectivity index (χ0v) is 17.3. The van der Waals surface area contributed by atoms with Crippen LogP contribution in [0.25, 0.3) is 28.1 Å². The summed E-state index contributed by atoms with van der Waals surface area (Å²) >= 11 is 6.12. The van der Waals surface area contributed by atoms with Crippen molar-refractivity contribution in [3.8, 4) is 17.6 Å². The van der Waals surface area contributed by atoms with Crippen molar-refractivity contribution in [1.82, 2.24) is 19.5 Å². The number of imidazole rings is 1. The number of halogens is 1. The van der Waals surface area contributed by atoms with Crippen molar-refractivity contribution in [3.05, 3.63) is 45.8 Å². The Bertz CT molecular complexity index is 1370. The first-order valence-corrected chi connectivity index (χ1v) is 9.82. The van der Waals surface area contributed by atoms with Gasteiger partial charge in [-0.1, -0.05) is 16.8 Å². The van der Waals surface area contributed by atoms with Crippen molar-refractivity contribution in [2.75, 3.05) is 0 Å². The third-order valence-corrected chi connectivity index (χ3v) is 5.81. The minimum atomic E-state index is -0.262. The van der Waals surface area contributed by atoms with Gasteiger partial charge in [0, 0.05) is 6.92 Å². The molecule has 152 valence electrons. The highest BCUT2D eigenvalue weighted by atomic mass is 35.5. The normalized spacial score (nSPS) is 18.3. The van der Waals surface area contributed by atoms with Gasteiger partial charge < -0.3 is 14.5 Å². The monoisotopic (exact) mass is 424 g/mol. The Kier molecular flexibility index (Phi) is 4.00. The zero-order chi connectivity index (χ0) is 21.2. The van der Waals surface area contributed by atoms with E-state index >= 15 is 0 Å². The van der Waals surface area contributed by atoms with E-state index in [2.05, 4.69) is 15.1 Å². The quantitative estimate of drug-likeness (QED) is 0.356. The van der Waals surface area contributed by atoms with Gasteiger partial charge in [0.2, 0.25) is 11.5 Å². The van der Waals surface area contributed by atoms with Crippen LogP contribution >= 0.6 is 11.6 Å². The molecule has 1 unspecified atom stereocenters. The first-order valence-electron chi connectivity index (χ1n) is 9.44. The second-order valence-electron chi connectivity index (χ2n) is 7.95. The Labute approximate surface area is 176 Å². The highest BCUT2D eigenvalue weighted by Gasteiger charge is 2.36. The third-order valence-electron chi connectivity index (χ3n) is 5.49. The van der Waals surface area contributed by atoms with Gasteiger partial charge in [-0.05, 0) is 38.8 Å².